The van der Waals surface area contributed by atoms with Crippen LogP contribution >= 0.6 is 12.1 Å². The molecule has 6 heteroatoms. The van der Waals surface area contributed by atoms with Crippen molar-refractivity contribution in [3.8, 4) is 17.0 Å². The lowest BCUT2D eigenvalue weighted by molar-refractivity contribution is -0.0858. The van der Waals surface area contributed by atoms with Crippen molar-refractivity contribution < 1.29 is 8.62 Å². The molecule has 0 bridgehead atoms. The predicted molar refractivity (Wildman–Crippen MR) is 93.1 cm³/mol. The van der Waals surface area contributed by atoms with Crippen LogP contribution in [0.2, 0.25) is 0 Å². The van der Waals surface area contributed by atoms with E-state index in [-0.39, 0.29) is 17.7 Å². The minimum absolute atomic E-state index is 0.0880. The van der Waals surface area contributed by atoms with Gasteiger partial charge in [0.25, 0.3) is 0 Å². The third-order valence-corrected chi connectivity index (χ3v) is 7.39. The first-order chi connectivity index (χ1) is 12.2. The SMILES string of the molecule is FSc1ncccc1-c1cnc2c(c1)C[C@@]1(CN3CCC34CCC41)O2. The minimum atomic E-state index is -0.0880. The van der Waals surface area contributed by atoms with Crippen molar-refractivity contribution in [2.75, 3.05) is 13.1 Å². The molecule has 0 aromatic carbocycles. The van der Waals surface area contributed by atoms with Crippen LogP contribution in [0.4, 0.5) is 3.89 Å². The second kappa shape index (κ2) is 4.74. The molecule has 3 aliphatic heterocycles. The molecule has 3 fully saturated rings. The van der Waals surface area contributed by atoms with Crippen molar-refractivity contribution in [1.82, 2.24) is 14.9 Å². The van der Waals surface area contributed by atoms with Crippen molar-refractivity contribution in [1.29, 1.82) is 0 Å². The summed E-state index contributed by atoms with van der Waals surface area (Å²) in [6.45, 7) is 2.24. The lowest BCUT2D eigenvalue weighted by Crippen LogP contribution is -2.64. The molecule has 1 saturated carbocycles. The number of ether oxygens (including phenoxy) is 1. The number of fused-ring (bicyclic) bond motifs is 2. The topological polar surface area (TPSA) is 38.2 Å². The molecule has 0 N–H and O–H groups in total. The highest BCUT2D eigenvalue weighted by Gasteiger charge is 2.71. The predicted octanol–water partition coefficient (Wildman–Crippen LogP) is 3.66. The molecule has 0 radical (unpaired) electrons. The van der Waals surface area contributed by atoms with E-state index in [9.17, 15) is 3.89 Å². The molecule has 2 aromatic heterocycles. The van der Waals surface area contributed by atoms with Gasteiger partial charge in [0.1, 0.15) is 22.8 Å². The molecule has 4 nitrogen and oxygen atoms in total. The van der Waals surface area contributed by atoms with Crippen LogP contribution in [0.25, 0.3) is 11.1 Å². The van der Waals surface area contributed by atoms with Crippen LogP contribution in [0.1, 0.15) is 24.8 Å². The van der Waals surface area contributed by atoms with Gasteiger partial charge < -0.3 is 4.74 Å². The van der Waals surface area contributed by atoms with Gasteiger partial charge in [-0.15, -0.1) is 0 Å². The number of hydrogen-bond acceptors (Lipinski definition) is 5. The van der Waals surface area contributed by atoms with Gasteiger partial charge in [-0.1, -0.05) is 0 Å². The maximum absolute atomic E-state index is 13.2. The zero-order chi connectivity index (χ0) is 16.6. The van der Waals surface area contributed by atoms with Gasteiger partial charge in [-0.05, 0) is 37.5 Å². The summed E-state index contributed by atoms with van der Waals surface area (Å²) in [6, 6.07) is 5.85. The average Bonchev–Trinajstić information content (AvgIpc) is 3.00. The molecule has 6 rings (SSSR count). The van der Waals surface area contributed by atoms with Gasteiger partial charge in [-0.3, -0.25) is 4.90 Å². The number of hydrogen-bond donors (Lipinski definition) is 0. The number of rotatable bonds is 2. The van der Waals surface area contributed by atoms with Crippen molar-refractivity contribution in [2.24, 2.45) is 5.92 Å². The summed E-state index contributed by atoms with van der Waals surface area (Å²) in [7, 11) is 0. The normalized spacial score (nSPS) is 34.7. The van der Waals surface area contributed by atoms with Crippen LogP contribution in [0.3, 0.4) is 0 Å². The van der Waals surface area contributed by atoms with E-state index in [1.165, 1.54) is 25.8 Å². The fourth-order valence-electron chi connectivity index (χ4n) is 5.65. The molecular formula is C19H18FN3OS. The molecule has 3 atom stereocenters. The van der Waals surface area contributed by atoms with Crippen LogP contribution in [0, 0.1) is 5.92 Å². The van der Waals surface area contributed by atoms with Gasteiger partial charge in [-0.2, -0.15) is 3.89 Å². The van der Waals surface area contributed by atoms with Crippen LogP contribution in [-0.2, 0) is 6.42 Å². The minimum Gasteiger partial charge on any atom is -0.469 e. The van der Waals surface area contributed by atoms with E-state index in [0.717, 1.165) is 35.5 Å². The molecule has 2 saturated heterocycles. The Morgan fingerprint density at radius 3 is 3.00 bits per heavy atom. The summed E-state index contributed by atoms with van der Waals surface area (Å²) in [5.41, 5.74) is 3.21. The van der Waals surface area contributed by atoms with Crippen molar-refractivity contribution in [3.05, 3.63) is 36.2 Å². The highest BCUT2D eigenvalue weighted by molar-refractivity contribution is 7.94. The lowest BCUT2D eigenvalue weighted by Gasteiger charge is -2.58. The first-order valence-corrected chi connectivity index (χ1v) is 9.63. The van der Waals surface area contributed by atoms with Crippen LogP contribution < -0.4 is 4.74 Å². The maximum Gasteiger partial charge on any atom is 0.217 e. The van der Waals surface area contributed by atoms with E-state index < -0.39 is 0 Å². The Morgan fingerprint density at radius 2 is 2.28 bits per heavy atom. The summed E-state index contributed by atoms with van der Waals surface area (Å²) in [5.74, 6) is 1.41. The monoisotopic (exact) mass is 355 g/mol. The number of nitrogens with zero attached hydrogens (tertiary/aromatic N) is 3. The highest BCUT2D eigenvalue weighted by atomic mass is 32.2. The summed E-state index contributed by atoms with van der Waals surface area (Å²) in [4.78, 5) is 11.3. The van der Waals surface area contributed by atoms with E-state index in [1.807, 2.05) is 12.1 Å². The van der Waals surface area contributed by atoms with Gasteiger partial charge in [-0.25, -0.2) is 9.97 Å². The van der Waals surface area contributed by atoms with Gasteiger partial charge in [0.15, 0.2) is 0 Å². The average molecular weight is 355 g/mol. The zero-order valence-electron chi connectivity index (χ0n) is 13.7. The van der Waals surface area contributed by atoms with Gasteiger partial charge in [0.2, 0.25) is 5.88 Å². The highest BCUT2D eigenvalue weighted by Crippen LogP contribution is 2.64. The Labute approximate surface area is 150 Å². The van der Waals surface area contributed by atoms with Crippen LogP contribution in [-0.4, -0.2) is 39.1 Å². The number of pyridine rings is 2. The Balaban J connectivity index is 1.37. The molecule has 2 unspecified atom stereocenters. The molecular weight excluding hydrogens is 337 g/mol. The fraction of sp³-hybridized carbons (Fsp3) is 0.474. The molecule has 2 spiro atoms. The fourth-order valence-corrected chi connectivity index (χ4v) is 6.02. The van der Waals surface area contributed by atoms with Crippen molar-refractivity contribution >= 4 is 12.1 Å². The van der Waals surface area contributed by atoms with E-state index in [4.69, 9.17) is 4.74 Å². The molecule has 0 amide bonds. The zero-order valence-corrected chi connectivity index (χ0v) is 14.6. The molecule has 128 valence electrons. The quantitative estimate of drug-likeness (QED) is 0.822. The molecule has 5 heterocycles. The summed E-state index contributed by atoms with van der Waals surface area (Å²) in [6.07, 6.45) is 8.24. The van der Waals surface area contributed by atoms with Crippen LogP contribution in [0.5, 0.6) is 5.88 Å². The van der Waals surface area contributed by atoms with Crippen molar-refractivity contribution in [2.45, 2.75) is 41.8 Å². The van der Waals surface area contributed by atoms with E-state index in [1.54, 1.807) is 12.4 Å². The largest absolute Gasteiger partial charge is 0.469 e. The second-order valence-electron chi connectivity index (χ2n) is 7.83. The lowest BCUT2D eigenvalue weighted by atomic mass is 9.58. The summed E-state index contributed by atoms with van der Waals surface area (Å²) in [5, 5.41) is 0.390. The van der Waals surface area contributed by atoms with Crippen molar-refractivity contribution in [3.63, 3.8) is 0 Å². The Hall–Kier alpha value is -1.66. The number of halogens is 1. The molecule has 4 aliphatic rings. The Morgan fingerprint density at radius 1 is 1.32 bits per heavy atom. The van der Waals surface area contributed by atoms with E-state index in [2.05, 4.69) is 20.9 Å². The van der Waals surface area contributed by atoms with E-state index in [0.29, 0.717) is 16.5 Å². The van der Waals surface area contributed by atoms with Gasteiger partial charge in [0, 0.05) is 60.1 Å². The summed E-state index contributed by atoms with van der Waals surface area (Å²) >= 11 is 0.183. The standard InChI is InChI=1S/C19H18FN3OS/c20-25-17-14(2-1-6-21-17)13-8-12-9-19(24-16(12)22-10-13)11-23-7-5-18(23)4-3-15(18)19/h1-2,6,8,10,15H,3-5,7,9,11H2/t15?,18?,19-/m0/s1. The smallest absolute Gasteiger partial charge is 0.217 e. The Kier molecular flexibility index (Phi) is 2.75. The molecule has 2 aromatic rings. The van der Waals surface area contributed by atoms with Gasteiger partial charge >= 0.3 is 0 Å². The molecule has 25 heavy (non-hydrogen) atoms. The first-order valence-electron chi connectivity index (χ1n) is 8.91. The summed E-state index contributed by atoms with van der Waals surface area (Å²) < 4.78 is 19.6. The maximum atomic E-state index is 13.2. The Bertz CT molecular complexity index is 889. The van der Waals surface area contributed by atoms with Crippen LogP contribution in [0.15, 0.2) is 35.6 Å². The molecule has 1 aliphatic carbocycles. The third-order valence-electron chi connectivity index (χ3n) is 6.92. The van der Waals surface area contributed by atoms with E-state index >= 15 is 0 Å². The second-order valence-corrected chi connectivity index (χ2v) is 8.37. The van der Waals surface area contributed by atoms with Gasteiger partial charge in [0.05, 0.1) is 0 Å². The first kappa shape index (κ1) is 14.5. The number of aromatic nitrogens is 2. The third kappa shape index (κ3) is 1.72.